The summed E-state index contributed by atoms with van der Waals surface area (Å²) in [6.45, 7) is 1.89. The number of pyridine rings is 1. The summed E-state index contributed by atoms with van der Waals surface area (Å²) in [6, 6.07) is 17.3. The minimum absolute atomic E-state index is 0.222. The number of halogens is 1. The van der Waals surface area contributed by atoms with E-state index in [9.17, 15) is 9.59 Å². The SMILES string of the molecule is Cc1cccnc1NC(=O)[C@@H]1c2ccccc2C(=O)N(c2ccccc2F)C12CCCCC2. The number of para-hydroxylation sites is 1. The van der Waals surface area contributed by atoms with E-state index in [0.717, 1.165) is 24.8 Å². The number of rotatable bonds is 3. The average molecular weight is 444 g/mol. The van der Waals surface area contributed by atoms with Crippen LogP contribution in [0.2, 0.25) is 0 Å². The van der Waals surface area contributed by atoms with Crippen molar-refractivity contribution in [2.75, 3.05) is 10.2 Å². The van der Waals surface area contributed by atoms with Gasteiger partial charge in [0.25, 0.3) is 5.91 Å². The summed E-state index contributed by atoms with van der Waals surface area (Å²) in [5.41, 5.74) is 1.37. The molecule has 6 heteroatoms. The Hall–Kier alpha value is -3.54. The van der Waals surface area contributed by atoms with Gasteiger partial charge in [-0.25, -0.2) is 9.37 Å². The largest absolute Gasteiger partial charge is 0.310 e. The monoisotopic (exact) mass is 443 g/mol. The van der Waals surface area contributed by atoms with Crippen LogP contribution in [0.5, 0.6) is 0 Å². The smallest absolute Gasteiger partial charge is 0.259 e. The van der Waals surface area contributed by atoms with Crippen LogP contribution in [0.4, 0.5) is 15.9 Å². The molecule has 1 spiro atoms. The van der Waals surface area contributed by atoms with Crippen LogP contribution in [0.3, 0.4) is 0 Å². The van der Waals surface area contributed by atoms with E-state index in [1.807, 2.05) is 31.2 Å². The fourth-order valence-electron chi connectivity index (χ4n) is 5.53. The zero-order valence-corrected chi connectivity index (χ0v) is 18.6. The zero-order valence-electron chi connectivity index (χ0n) is 18.6. The second-order valence-corrected chi connectivity index (χ2v) is 8.93. The van der Waals surface area contributed by atoms with Gasteiger partial charge in [-0.2, -0.15) is 0 Å². The minimum Gasteiger partial charge on any atom is -0.310 e. The first kappa shape index (κ1) is 21.3. The summed E-state index contributed by atoms with van der Waals surface area (Å²) in [5.74, 6) is -1.08. The highest BCUT2D eigenvalue weighted by Gasteiger charge is 2.55. The van der Waals surface area contributed by atoms with Crippen LogP contribution in [0.25, 0.3) is 0 Å². The Morgan fingerprint density at radius 1 is 1.03 bits per heavy atom. The maximum atomic E-state index is 15.1. The average Bonchev–Trinajstić information content (AvgIpc) is 2.82. The second kappa shape index (κ2) is 8.43. The van der Waals surface area contributed by atoms with Gasteiger partial charge in [0.15, 0.2) is 0 Å². The van der Waals surface area contributed by atoms with Gasteiger partial charge in [-0.1, -0.05) is 55.7 Å². The number of carbonyl (C=O) groups excluding carboxylic acids is 2. The molecule has 0 bridgehead atoms. The molecule has 5 nitrogen and oxygen atoms in total. The summed E-state index contributed by atoms with van der Waals surface area (Å²) in [5, 5.41) is 3.01. The highest BCUT2D eigenvalue weighted by molar-refractivity contribution is 6.13. The van der Waals surface area contributed by atoms with Crippen molar-refractivity contribution >= 4 is 23.3 Å². The molecule has 2 amide bonds. The molecule has 1 saturated carbocycles. The molecule has 1 aliphatic heterocycles. The molecule has 1 N–H and O–H groups in total. The number of nitrogens with zero attached hydrogens (tertiary/aromatic N) is 2. The molecule has 0 unspecified atom stereocenters. The lowest BCUT2D eigenvalue weighted by molar-refractivity contribution is -0.119. The normalized spacial score (nSPS) is 19.3. The molecule has 3 aromatic rings. The number of fused-ring (bicyclic) bond motifs is 1. The Kier molecular flexibility index (Phi) is 5.44. The maximum absolute atomic E-state index is 15.1. The van der Waals surface area contributed by atoms with Crippen molar-refractivity contribution in [2.45, 2.75) is 50.5 Å². The van der Waals surface area contributed by atoms with Crippen molar-refractivity contribution in [1.82, 2.24) is 4.98 Å². The van der Waals surface area contributed by atoms with Crippen molar-refractivity contribution in [3.63, 3.8) is 0 Å². The molecular formula is C27H26FN3O2. The Balaban J connectivity index is 1.70. The van der Waals surface area contributed by atoms with Crippen LogP contribution >= 0.6 is 0 Å². The van der Waals surface area contributed by atoms with Gasteiger partial charge in [-0.05, 0) is 55.2 Å². The molecule has 2 heterocycles. The standard InChI is InChI=1S/C27H26FN3O2/c1-18-10-9-17-29-24(18)30-25(32)23-19-11-3-4-12-20(19)26(33)31(22-14-6-5-13-21(22)28)27(23)15-7-2-8-16-27/h3-6,9-14,17,23H,2,7-8,15-16H2,1H3,(H,29,30,32)/t23-/m0/s1. The molecule has 1 atom stereocenters. The Labute approximate surface area is 192 Å². The van der Waals surface area contributed by atoms with Crippen LogP contribution in [0.1, 0.15) is 59.5 Å². The predicted octanol–water partition coefficient (Wildman–Crippen LogP) is 5.61. The zero-order chi connectivity index (χ0) is 23.0. The number of amides is 2. The van der Waals surface area contributed by atoms with Gasteiger partial charge in [0.1, 0.15) is 11.6 Å². The first-order chi connectivity index (χ1) is 16.0. The van der Waals surface area contributed by atoms with E-state index in [-0.39, 0.29) is 17.5 Å². The van der Waals surface area contributed by atoms with Gasteiger partial charge in [0.2, 0.25) is 5.91 Å². The van der Waals surface area contributed by atoms with Gasteiger partial charge in [-0.3, -0.25) is 14.5 Å². The number of hydrogen-bond acceptors (Lipinski definition) is 3. The van der Waals surface area contributed by atoms with Crippen LogP contribution < -0.4 is 10.2 Å². The third-order valence-electron chi connectivity index (χ3n) is 7.01. The van der Waals surface area contributed by atoms with E-state index >= 15 is 4.39 Å². The minimum atomic E-state index is -0.849. The van der Waals surface area contributed by atoms with Crippen LogP contribution in [0, 0.1) is 12.7 Å². The van der Waals surface area contributed by atoms with E-state index in [1.165, 1.54) is 6.07 Å². The van der Waals surface area contributed by atoms with Gasteiger partial charge in [0.05, 0.1) is 17.1 Å². The van der Waals surface area contributed by atoms with E-state index < -0.39 is 17.3 Å². The third-order valence-corrected chi connectivity index (χ3v) is 7.01. The molecule has 1 fully saturated rings. The summed E-state index contributed by atoms with van der Waals surface area (Å²) >= 11 is 0. The summed E-state index contributed by atoms with van der Waals surface area (Å²) in [7, 11) is 0. The fourth-order valence-corrected chi connectivity index (χ4v) is 5.53. The Morgan fingerprint density at radius 3 is 2.52 bits per heavy atom. The summed E-state index contributed by atoms with van der Waals surface area (Å²) < 4.78 is 15.1. The molecule has 5 rings (SSSR count). The van der Waals surface area contributed by atoms with Crippen LogP contribution in [-0.2, 0) is 4.79 Å². The predicted molar refractivity (Wildman–Crippen MR) is 126 cm³/mol. The van der Waals surface area contributed by atoms with E-state index in [4.69, 9.17) is 0 Å². The van der Waals surface area contributed by atoms with Gasteiger partial charge in [0, 0.05) is 11.8 Å². The number of nitrogens with one attached hydrogen (secondary N) is 1. The van der Waals surface area contributed by atoms with E-state index in [0.29, 0.717) is 29.8 Å². The number of aryl methyl sites for hydroxylation is 1. The van der Waals surface area contributed by atoms with Crippen LogP contribution in [-0.4, -0.2) is 22.3 Å². The molecule has 2 aromatic carbocycles. The quantitative estimate of drug-likeness (QED) is 0.572. The lowest BCUT2D eigenvalue weighted by Crippen LogP contribution is -2.62. The van der Waals surface area contributed by atoms with E-state index in [1.54, 1.807) is 41.4 Å². The summed E-state index contributed by atoms with van der Waals surface area (Å²) in [4.78, 5) is 33.7. The Bertz CT molecular complexity index is 1220. The molecule has 33 heavy (non-hydrogen) atoms. The third kappa shape index (κ3) is 3.50. The molecule has 0 saturated heterocycles. The van der Waals surface area contributed by atoms with Gasteiger partial charge >= 0.3 is 0 Å². The first-order valence-corrected chi connectivity index (χ1v) is 11.4. The summed E-state index contributed by atoms with van der Waals surface area (Å²) in [6.07, 6.45) is 5.65. The molecule has 168 valence electrons. The molecule has 2 aliphatic rings. The number of benzene rings is 2. The number of aromatic nitrogens is 1. The number of carbonyl (C=O) groups is 2. The van der Waals surface area contributed by atoms with Crippen molar-refractivity contribution in [1.29, 1.82) is 0 Å². The maximum Gasteiger partial charge on any atom is 0.259 e. The lowest BCUT2D eigenvalue weighted by atomic mass is 9.65. The second-order valence-electron chi connectivity index (χ2n) is 8.93. The van der Waals surface area contributed by atoms with Gasteiger partial charge < -0.3 is 5.32 Å². The highest BCUT2D eigenvalue weighted by Crippen LogP contribution is 2.51. The molecular weight excluding hydrogens is 417 g/mol. The molecule has 1 aromatic heterocycles. The number of anilines is 2. The number of hydrogen-bond donors (Lipinski definition) is 1. The Morgan fingerprint density at radius 2 is 1.76 bits per heavy atom. The van der Waals surface area contributed by atoms with E-state index in [2.05, 4.69) is 10.3 Å². The first-order valence-electron chi connectivity index (χ1n) is 11.4. The van der Waals surface area contributed by atoms with Gasteiger partial charge in [-0.15, -0.1) is 0 Å². The topological polar surface area (TPSA) is 62.3 Å². The fraction of sp³-hybridized carbons (Fsp3) is 0.296. The van der Waals surface area contributed by atoms with Crippen molar-refractivity contribution < 1.29 is 14.0 Å². The lowest BCUT2D eigenvalue weighted by Gasteiger charge is -2.53. The molecule has 0 radical (unpaired) electrons. The highest BCUT2D eigenvalue weighted by atomic mass is 19.1. The van der Waals surface area contributed by atoms with Crippen molar-refractivity contribution in [2.24, 2.45) is 0 Å². The molecule has 1 aliphatic carbocycles. The van der Waals surface area contributed by atoms with Crippen molar-refractivity contribution in [3.05, 3.63) is 89.4 Å². The van der Waals surface area contributed by atoms with Crippen LogP contribution in [0.15, 0.2) is 66.9 Å². The van der Waals surface area contributed by atoms with Crippen molar-refractivity contribution in [3.8, 4) is 0 Å².